The van der Waals surface area contributed by atoms with E-state index in [0.717, 1.165) is 29.7 Å². The van der Waals surface area contributed by atoms with Gasteiger partial charge in [-0.05, 0) is 56.3 Å². The van der Waals surface area contributed by atoms with Crippen molar-refractivity contribution >= 4 is 0 Å². The number of hydrogen-bond donors (Lipinski definition) is 2. The van der Waals surface area contributed by atoms with E-state index < -0.39 is 0 Å². The summed E-state index contributed by atoms with van der Waals surface area (Å²) in [6.07, 6.45) is 5.35. The maximum absolute atomic E-state index is 9.98. The minimum Gasteiger partial charge on any atom is -0.508 e. The molecule has 1 aromatic carbocycles. The number of benzene rings is 1. The van der Waals surface area contributed by atoms with Gasteiger partial charge in [-0.25, -0.2) is 0 Å². The smallest absolute Gasteiger partial charge is 0.120 e. The summed E-state index contributed by atoms with van der Waals surface area (Å²) in [5, 5.41) is 13.5. The van der Waals surface area contributed by atoms with Crippen LogP contribution in [-0.4, -0.2) is 18.8 Å². The quantitative estimate of drug-likeness (QED) is 0.858. The van der Waals surface area contributed by atoms with Gasteiger partial charge in [0.05, 0.1) is 7.11 Å². The molecule has 0 radical (unpaired) electrons. The normalized spacial score (nSPS) is 24.4. The van der Waals surface area contributed by atoms with Crippen LogP contribution in [0.25, 0.3) is 0 Å². The fourth-order valence-corrected chi connectivity index (χ4v) is 2.99. The largest absolute Gasteiger partial charge is 0.508 e. The number of methoxy groups -OCH3 is 1. The Morgan fingerprint density at radius 1 is 1.30 bits per heavy atom. The molecule has 0 aromatic heterocycles. The van der Waals surface area contributed by atoms with Crippen molar-refractivity contribution < 1.29 is 9.84 Å². The van der Waals surface area contributed by atoms with Crippen molar-refractivity contribution in [2.75, 3.05) is 13.7 Å². The van der Waals surface area contributed by atoms with Gasteiger partial charge in [-0.1, -0.05) is 19.8 Å². The zero-order valence-corrected chi connectivity index (χ0v) is 12.9. The average Bonchev–Trinajstić information content (AvgIpc) is 2.47. The molecule has 1 unspecified atom stereocenters. The first kappa shape index (κ1) is 15.2. The molecule has 1 aliphatic rings. The summed E-state index contributed by atoms with van der Waals surface area (Å²) >= 11 is 0. The van der Waals surface area contributed by atoms with Gasteiger partial charge in [0.25, 0.3) is 0 Å². The molecule has 0 spiro atoms. The number of phenols is 1. The molecule has 2 N–H and O–H groups in total. The number of ether oxygens (including phenoxy) is 1. The van der Waals surface area contributed by atoms with E-state index in [4.69, 9.17) is 4.74 Å². The van der Waals surface area contributed by atoms with Crippen LogP contribution >= 0.6 is 0 Å². The highest BCUT2D eigenvalue weighted by molar-refractivity contribution is 5.41. The molecule has 1 fully saturated rings. The monoisotopic (exact) mass is 277 g/mol. The first-order valence-corrected chi connectivity index (χ1v) is 7.70. The molecule has 0 aliphatic heterocycles. The van der Waals surface area contributed by atoms with Crippen LogP contribution in [0.1, 0.15) is 51.1 Å². The van der Waals surface area contributed by atoms with Gasteiger partial charge >= 0.3 is 0 Å². The molecule has 3 nitrogen and oxygen atoms in total. The third-order valence-corrected chi connectivity index (χ3v) is 4.55. The predicted octanol–water partition coefficient (Wildman–Crippen LogP) is 3.88. The summed E-state index contributed by atoms with van der Waals surface area (Å²) in [6.45, 7) is 5.48. The predicted molar refractivity (Wildman–Crippen MR) is 82.2 cm³/mol. The van der Waals surface area contributed by atoms with Crippen LogP contribution in [0.2, 0.25) is 0 Å². The summed E-state index contributed by atoms with van der Waals surface area (Å²) in [5.41, 5.74) is 0.911. The third kappa shape index (κ3) is 3.89. The van der Waals surface area contributed by atoms with Gasteiger partial charge in [0.1, 0.15) is 11.5 Å². The van der Waals surface area contributed by atoms with Crippen molar-refractivity contribution in [3.05, 3.63) is 23.8 Å². The summed E-state index contributed by atoms with van der Waals surface area (Å²) < 4.78 is 5.23. The molecule has 1 aromatic rings. The molecule has 2 rings (SSSR count). The maximum Gasteiger partial charge on any atom is 0.120 e. The number of nitrogens with one attached hydrogen (secondary N) is 1. The van der Waals surface area contributed by atoms with Gasteiger partial charge in [0, 0.05) is 11.6 Å². The Morgan fingerprint density at radius 3 is 2.65 bits per heavy atom. The second-order valence-corrected chi connectivity index (χ2v) is 6.18. The molecule has 20 heavy (non-hydrogen) atoms. The van der Waals surface area contributed by atoms with Crippen molar-refractivity contribution in [2.45, 2.75) is 45.6 Å². The minimum absolute atomic E-state index is 0.143. The van der Waals surface area contributed by atoms with Gasteiger partial charge in [0.15, 0.2) is 0 Å². The van der Waals surface area contributed by atoms with Crippen molar-refractivity contribution in [2.24, 2.45) is 11.8 Å². The van der Waals surface area contributed by atoms with E-state index in [1.807, 2.05) is 6.07 Å². The number of rotatable bonds is 5. The Hall–Kier alpha value is -1.22. The van der Waals surface area contributed by atoms with E-state index in [1.54, 1.807) is 19.2 Å². The Morgan fingerprint density at radius 2 is 2.00 bits per heavy atom. The van der Waals surface area contributed by atoms with Crippen molar-refractivity contribution in [3.8, 4) is 11.5 Å². The van der Waals surface area contributed by atoms with Gasteiger partial charge in [-0.2, -0.15) is 0 Å². The second kappa shape index (κ2) is 6.98. The minimum atomic E-state index is 0.143. The van der Waals surface area contributed by atoms with E-state index in [1.165, 1.54) is 25.7 Å². The van der Waals surface area contributed by atoms with Gasteiger partial charge in [-0.3, -0.25) is 0 Å². The van der Waals surface area contributed by atoms with Crippen LogP contribution in [0.15, 0.2) is 18.2 Å². The highest BCUT2D eigenvalue weighted by atomic mass is 16.5. The van der Waals surface area contributed by atoms with Crippen LogP contribution in [-0.2, 0) is 0 Å². The topological polar surface area (TPSA) is 41.5 Å². The molecule has 1 saturated carbocycles. The summed E-state index contributed by atoms with van der Waals surface area (Å²) in [7, 11) is 1.65. The van der Waals surface area contributed by atoms with Gasteiger partial charge in [0.2, 0.25) is 0 Å². The van der Waals surface area contributed by atoms with Crippen LogP contribution < -0.4 is 10.1 Å². The SMILES string of the molecule is COc1ccc(O)c(C(C)NCC2CCC(C)CC2)c1. The number of hydrogen-bond acceptors (Lipinski definition) is 3. The lowest BCUT2D eigenvalue weighted by atomic mass is 9.83. The third-order valence-electron chi connectivity index (χ3n) is 4.55. The lowest BCUT2D eigenvalue weighted by Gasteiger charge is -2.27. The Bertz CT molecular complexity index is 425. The number of aromatic hydroxyl groups is 1. The zero-order chi connectivity index (χ0) is 14.5. The molecule has 3 heteroatoms. The molecule has 0 saturated heterocycles. The maximum atomic E-state index is 9.98. The fourth-order valence-electron chi connectivity index (χ4n) is 2.99. The van der Waals surface area contributed by atoms with E-state index >= 15 is 0 Å². The Balaban J connectivity index is 1.89. The van der Waals surface area contributed by atoms with Crippen LogP contribution in [0.5, 0.6) is 11.5 Å². The molecule has 1 atom stereocenters. The molecular formula is C17H27NO2. The first-order valence-electron chi connectivity index (χ1n) is 7.70. The van der Waals surface area contributed by atoms with E-state index in [9.17, 15) is 5.11 Å². The zero-order valence-electron chi connectivity index (χ0n) is 12.9. The molecule has 112 valence electrons. The van der Waals surface area contributed by atoms with Crippen molar-refractivity contribution in [1.29, 1.82) is 0 Å². The first-order chi connectivity index (χ1) is 9.60. The Labute approximate surface area is 122 Å². The summed E-state index contributed by atoms with van der Waals surface area (Å²) in [5.74, 6) is 2.80. The van der Waals surface area contributed by atoms with Crippen molar-refractivity contribution in [3.63, 3.8) is 0 Å². The van der Waals surface area contributed by atoms with E-state index in [0.29, 0.717) is 5.75 Å². The van der Waals surface area contributed by atoms with Crippen LogP contribution in [0.3, 0.4) is 0 Å². The summed E-state index contributed by atoms with van der Waals surface area (Å²) in [6, 6.07) is 5.54. The number of phenolic OH excluding ortho intramolecular Hbond substituents is 1. The molecule has 1 aliphatic carbocycles. The fraction of sp³-hybridized carbons (Fsp3) is 0.647. The Kier molecular flexibility index (Phi) is 5.30. The molecule has 0 amide bonds. The highest BCUT2D eigenvalue weighted by Crippen LogP contribution is 2.30. The van der Waals surface area contributed by atoms with Crippen molar-refractivity contribution in [1.82, 2.24) is 5.32 Å². The average molecular weight is 277 g/mol. The molecule has 0 bridgehead atoms. The van der Waals surface area contributed by atoms with E-state index in [-0.39, 0.29) is 6.04 Å². The summed E-state index contributed by atoms with van der Waals surface area (Å²) in [4.78, 5) is 0. The second-order valence-electron chi connectivity index (χ2n) is 6.18. The van der Waals surface area contributed by atoms with Gasteiger partial charge in [-0.15, -0.1) is 0 Å². The van der Waals surface area contributed by atoms with E-state index in [2.05, 4.69) is 19.2 Å². The standard InChI is InChI=1S/C17H27NO2/c1-12-4-6-14(7-5-12)11-18-13(2)16-10-15(20-3)8-9-17(16)19/h8-10,12-14,18-19H,4-7,11H2,1-3H3. The lowest BCUT2D eigenvalue weighted by Crippen LogP contribution is -2.28. The van der Waals surface area contributed by atoms with Crippen LogP contribution in [0, 0.1) is 11.8 Å². The molecule has 0 heterocycles. The lowest BCUT2D eigenvalue weighted by molar-refractivity contribution is 0.275. The highest BCUT2D eigenvalue weighted by Gasteiger charge is 2.19. The van der Waals surface area contributed by atoms with Crippen LogP contribution in [0.4, 0.5) is 0 Å². The van der Waals surface area contributed by atoms with Gasteiger partial charge < -0.3 is 15.2 Å². The molecular weight excluding hydrogens is 250 g/mol.